The van der Waals surface area contributed by atoms with E-state index in [4.69, 9.17) is 16.9 Å². The number of halogens is 1. The minimum absolute atomic E-state index is 0.292. The lowest BCUT2D eigenvalue weighted by molar-refractivity contribution is 0.254. The lowest BCUT2D eigenvalue weighted by Gasteiger charge is -2.21. The zero-order valence-corrected chi connectivity index (χ0v) is 9.90. The van der Waals surface area contributed by atoms with E-state index in [2.05, 4.69) is 17.9 Å². The van der Waals surface area contributed by atoms with Gasteiger partial charge < -0.3 is 0 Å². The summed E-state index contributed by atoms with van der Waals surface area (Å²) in [4.78, 5) is 3.40. The predicted molar refractivity (Wildman–Crippen MR) is 60.5 cm³/mol. The minimum atomic E-state index is 0.292. The molecule has 0 aliphatic rings. The summed E-state index contributed by atoms with van der Waals surface area (Å²) in [7, 11) is 2.02. The van der Waals surface area contributed by atoms with Gasteiger partial charge in [-0.15, -0.1) is 11.3 Å². The van der Waals surface area contributed by atoms with Crippen molar-refractivity contribution >= 4 is 22.9 Å². The van der Waals surface area contributed by atoms with Crippen LogP contribution in [0.2, 0.25) is 4.34 Å². The molecule has 0 spiro atoms. The van der Waals surface area contributed by atoms with Crippen LogP contribution in [0.1, 0.15) is 18.2 Å². The Morgan fingerprint density at radius 3 is 2.86 bits per heavy atom. The molecular weight excluding hydrogens is 216 g/mol. The lowest BCUT2D eigenvalue weighted by atomic mass is 10.2. The van der Waals surface area contributed by atoms with Gasteiger partial charge >= 0.3 is 0 Å². The highest BCUT2D eigenvalue weighted by Crippen LogP contribution is 2.22. The molecule has 1 atom stereocenters. The fourth-order valence-corrected chi connectivity index (χ4v) is 2.28. The Morgan fingerprint density at radius 2 is 2.36 bits per heavy atom. The van der Waals surface area contributed by atoms with Crippen LogP contribution in [-0.4, -0.2) is 18.0 Å². The maximum atomic E-state index is 8.56. The van der Waals surface area contributed by atoms with Gasteiger partial charge in [0.25, 0.3) is 0 Å². The van der Waals surface area contributed by atoms with Crippen LogP contribution in [0.5, 0.6) is 0 Å². The van der Waals surface area contributed by atoms with Crippen LogP contribution >= 0.6 is 22.9 Å². The normalized spacial score (nSPS) is 12.8. The van der Waals surface area contributed by atoms with Gasteiger partial charge in [0, 0.05) is 17.5 Å². The summed E-state index contributed by atoms with van der Waals surface area (Å²) in [5.74, 6) is 0. The molecule has 0 amide bonds. The van der Waals surface area contributed by atoms with Crippen LogP contribution < -0.4 is 0 Å². The van der Waals surface area contributed by atoms with Gasteiger partial charge in [0.15, 0.2) is 0 Å². The molecule has 0 saturated carbocycles. The van der Waals surface area contributed by atoms with Gasteiger partial charge in [-0.2, -0.15) is 5.26 Å². The second kappa shape index (κ2) is 5.35. The minimum Gasteiger partial charge on any atom is -0.298 e. The van der Waals surface area contributed by atoms with Gasteiger partial charge in [0.05, 0.1) is 16.8 Å². The third-order valence-corrected chi connectivity index (χ3v) is 3.39. The zero-order chi connectivity index (χ0) is 10.6. The molecule has 0 bridgehead atoms. The molecule has 0 fully saturated rings. The van der Waals surface area contributed by atoms with Gasteiger partial charge in [0.1, 0.15) is 0 Å². The first-order valence-corrected chi connectivity index (χ1v) is 5.64. The summed E-state index contributed by atoms with van der Waals surface area (Å²) in [6, 6.07) is 6.40. The van der Waals surface area contributed by atoms with Crippen molar-refractivity contribution < 1.29 is 0 Å². The van der Waals surface area contributed by atoms with E-state index >= 15 is 0 Å². The molecule has 1 rings (SSSR count). The van der Waals surface area contributed by atoms with Gasteiger partial charge in [-0.25, -0.2) is 0 Å². The van der Waals surface area contributed by atoms with Crippen molar-refractivity contribution in [1.29, 1.82) is 5.26 Å². The summed E-state index contributed by atoms with van der Waals surface area (Å²) >= 11 is 7.42. The number of hydrogen-bond donors (Lipinski definition) is 0. The molecule has 1 aromatic rings. The van der Waals surface area contributed by atoms with Crippen LogP contribution in [0.4, 0.5) is 0 Å². The maximum absolute atomic E-state index is 8.56. The fourth-order valence-electron chi connectivity index (χ4n) is 1.13. The van der Waals surface area contributed by atoms with Crippen molar-refractivity contribution in [3.8, 4) is 6.07 Å². The average Bonchev–Trinajstić information content (AvgIpc) is 2.51. The molecule has 1 aromatic heterocycles. The largest absolute Gasteiger partial charge is 0.298 e. The Labute approximate surface area is 93.7 Å². The van der Waals surface area contributed by atoms with Gasteiger partial charge in [-0.05, 0) is 26.1 Å². The fraction of sp³-hybridized carbons (Fsp3) is 0.500. The molecule has 0 N–H and O–H groups in total. The van der Waals surface area contributed by atoms with Gasteiger partial charge in [-0.1, -0.05) is 11.6 Å². The number of nitrogens with zero attached hydrogens (tertiary/aromatic N) is 2. The molecule has 0 aromatic carbocycles. The maximum Gasteiger partial charge on any atom is 0.0931 e. The molecule has 0 aliphatic heterocycles. The molecule has 4 heteroatoms. The molecule has 1 heterocycles. The Balaban J connectivity index is 2.49. The smallest absolute Gasteiger partial charge is 0.0931 e. The highest BCUT2D eigenvalue weighted by Gasteiger charge is 2.09. The Kier molecular flexibility index (Phi) is 4.40. The van der Waals surface area contributed by atoms with Crippen molar-refractivity contribution in [2.75, 3.05) is 7.05 Å². The highest BCUT2D eigenvalue weighted by atomic mass is 35.5. The predicted octanol–water partition coefficient (Wildman–Crippen LogP) is 3.14. The Morgan fingerprint density at radius 1 is 1.64 bits per heavy atom. The molecule has 2 nitrogen and oxygen atoms in total. The van der Waals surface area contributed by atoms with E-state index in [0.717, 1.165) is 10.9 Å². The van der Waals surface area contributed by atoms with Crippen molar-refractivity contribution in [2.24, 2.45) is 0 Å². The van der Waals surface area contributed by atoms with Crippen molar-refractivity contribution in [1.82, 2.24) is 4.90 Å². The second-order valence-corrected chi connectivity index (χ2v) is 5.13. The van der Waals surface area contributed by atoms with Crippen LogP contribution in [0, 0.1) is 11.3 Å². The van der Waals surface area contributed by atoms with E-state index in [-0.39, 0.29) is 0 Å². The van der Waals surface area contributed by atoms with E-state index in [1.54, 1.807) is 11.3 Å². The van der Waals surface area contributed by atoms with Gasteiger partial charge in [-0.3, -0.25) is 4.90 Å². The number of rotatable bonds is 4. The molecule has 76 valence electrons. The van der Waals surface area contributed by atoms with Crippen LogP contribution in [0.25, 0.3) is 0 Å². The SMILES string of the molecule is CC(CC#N)N(C)Cc1ccc(Cl)s1. The number of nitriles is 1. The summed E-state index contributed by atoms with van der Waals surface area (Å²) in [6.07, 6.45) is 0.565. The summed E-state index contributed by atoms with van der Waals surface area (Å²) in [5.41, 5.74) is 0. The molecule has 1 unspecified atom stereocenters. The molecule has 0 aliphatic carbocycles. The molecule has 0 saturated heterocycles. The van der Waals surface area contributed by atoms with Crippen molar-refractivity contribution in [3.63, 3.8) is 0 Å². The topological polar surface area (TPSA) is 27.0 Å². The van der Waals surface area contributed by atoms with Crippen LogP contribution in [0.15, 0.2) is 12.1 Å². The van der Waals surface area contributed by atoms with Crippen molar-refractivity contribution in [2.45, 2.75) is 25.9 Å². The number of thiophene rings is 1. The third kappa shape index (κ3) is 3.30. The highest BCUT2D eigenvalue weighted by molar-refractivity contribution is 7.16. The quantitative estimate of drug-likeness (QED) is 0.792. The van der Waals surface area contributed by atoms with E-state index in [1.807, 2.05) is 19.2 Å². The Hall–Kier alpha value is -0.560. The first kappa shape index (κ1) is 11.5. The van der Waals surface area contributed by atoms with Crippen molar-refractivity contribution in [3.05, 3.63) is 21.3 Å². The molecular formula is C10H13ClN2S. The third-order valence-electron chi connectivity index (χ3n) is 2.17. The standard InChI is InChI=1S/C10H13ClN2S/c1-8(5-6-12)13(2)7-9-3-4-10(11)14-9/h3-4,8H,5,7H2,1-2H3. The van der Waals surface area contributed by atoms with E-state index in [9.17, 15) is 0 Å². The van der Waals surface area contributed by atoms with E-state index < -0.39 is 0 Å². The lowest BCUT2D eigenvalue weighted by Crippen LogP contribution is -2.27. The Bertz CT molecular complexity index is 329. The van der Waals surface area contributed by atoms with E-state index in [0.29, 0.717) is 12.5 Å². The van der Waals surface area contributed by atoms with Gasteiger partial charge in [0.2, 0.25) is 0 Å². The summed E-state index contributed by atoms with van der Waals surface area (Å²) in [6.45, 7) is 2.92. The summed E-state index contributed by atoms with van der Waals surface area (Å²) < 4.78 is 0.821. The molecule has 0 radical (unpaired) electrons. The summed E-state index contributed by atoms with van der Waals surface area (Å²) in [5, 5.41) is 8.56. The average molecular weight is 229 g/mol. The van der Waals surface area contributed by atoms with Crippen LogP contribution in [0.3, 0.4) is 0 Å². The first-order chi connectivity index (χ1) is 6.63. The van der Waals surface area contributed by atoms with E-state index in [1.165, 1.54) is 4.88 Å². The monoisotopic (exact) mass is 228 g/mol. The molecule has 14 heavy (non-hydrogen) atoms. The number of hydrogen-bond acceptors (Lipinski definition) is 3. The van der Waals surface area contributed by atoms with Crippen LogP contribution in [-0.2, 0) is 6.54 Å². The zero-order valence-electron chi connectivity index (χ0n) is 8.33. The second-order valence-electron chi connectivity index (χ2n) is 3.33. The first-order valence-electron chi connectivity index (χ1n) is 4.45.